The molecule has 5 heteroatoms. The van der Waals surface area contributed by atoms with Crippen molar-refractivity contribution in [2.45, 2.75) is 47.2 Å². The van der Waals surface area contributed by atoms with Crippen LogP contribution in [0.1, 0.15) is 41.4 Å². The smallest absolute Gasteiger partial charge is 0.318 e. The Balaban J connectivity index is 2.19. The molecule has 1 aromatic carbocycles. The summed E-state index contributed by atoms with van der Waals surface area (Å²) in [5, 5.41) is 2.93. The van der Waals surface area contributed by atoms with Crippen molar-refractivity contribution >= 4 is 6.03 Å². The summed E-state index contributed by atoms with van der Waals surface area (Å²) in [5.41, 5.74) is 5.15. The number of aromatic nitrogens is 2. The molecule has 0 bridgehead atoms. The van der Waals surface area contributed by atoms with Crippen molar-refractivity contribution in [3.05, 3.63) is 65.3 Å². The van der Waals surface area contributed by atoms with Gasteiger partial charge >= 0.3 is 6.03 Å². The first-order valence-electron chi connectivity index (χ1n) is 9.16. The number of benzene rings is 1. The lowest BCUT2D eigenvalue weighted by molar-refractivity contribution is 0.199. The molecule has 2 rings (SSSR count). The van der Waals surface area contributed by atoms with E-state index >= 15 is 0 Å². The molecular formula is C21H30N4O. The van der Waals surface area contributed by atoms with E-state index in [1.807, 2.05) is 13.1 Å². The van der Waals surface area contributed by atoms with Crippen LogP contribution >= 0.6 is 0 Å². The Bertz CT molecular complexity index is 740. The van der Waals surface area contributed by atoms with Crippen LogP contribution < -0.4 is 5.32 Å². The summed E-state index contributed by atoms with van der Waals surface area (Å²) in [5.74, 6) is 0.873. The van der Waals surface area contributed by atoms with Gasteiger partial charge < -0.3 is 14.8 Å². The van der Waals surface area contributed by atoms with Gasteiger partial charge in [0, 0.05) is 32.0 Å². The number of nitrogens with zero attached hydrogens (tertiary/aromatic N) is 3. The minimum atomic E-state index is -0.0796. The third kappa shape index (κ3) is 4.97. The maximum Gasteiger partial charge on any atom is 0.318 e. The third-order valence-corrected chi connectivity index (χ3v) is 4.47. The van der Waals surface area contributed by atoms with Gasteiger partial charge in [-0.3, -0.25) is 0 Å². The molecule has 0 aliphatic heterocycles. The molecule has 0 aliphatic rings. The van der Waals surface area contributed by atoms with Gasteiger partial charge in [-0.2, -0.15) is 0 Å². The maximum atomic E-state index is 12.4. The van der Waals surface area contributed by atoms with Crippen LogP contribution in [0.25, 0.3) is 0 Å². The number of aryl methyl sites for hydroxylation is 3. The summed E-state index contributed by atoms with van der Waals surface area (Å²) < 4.78 is 2.12. The average molecular weight is 354 g/mol. The molecule has 140 valence electrons. The second-order valence-electron chi connectivity index (χ2n) is 6.75. The summed E-state index contributed by atoms with van der Waals surface area (Å²) in [6.45, 7) is 14.6. The van der Waals surface area contributed by atoms with E-state index in [1.165, 1.54) is 22.3 Å². The monoisotopic (exact) mass is 354 g/mol. The van der Waals surface area contributed by atoms with Crippen LogP contribution in [0.4, 0.5) is 4.79 Å². The van der Waals surface area contributed by atoms with Crippen LogP contribution in [0.5, 0.6) is 0 Å². The number of hydrogen-bond donors (Lipinski definition) is 1. The molecule has 0 fully saturated rings. The Hall–Kier alpha value is -2.56. The van der Waals surface area contributed by atoms with Crippen molar-refractivity contribution < 1.29 is 4.79 Å². The molecule has 0 saturated carbocycles. The van der Waals surface area contributed by atoms with Gasteiger partial charge in [0.2, 0.25) is 0 Å². The minimum absolute atomic E-state index is 0.0796. The molecule has 1 N–H and O–H groups in total. The molecule has 0 atom stereocenters. The first kappa shape index (κ1) is 19.8. The first-order chi connectivity index (χ1) is 12.5. The quantitative estimate of drug-likeness (QED) is 0.730. The van der Waals surface area contributed by atoms with E-state index in [0.29, 0.717) is 19.6 Å². The van der Waals surface area contributed by atoms with Gasteiger partial charge in [-0.05, 0) is 43.9 Å². The molecule has 0 saturated heterocycles. The van der Waals surface area contributed by atoms with E-state index in [0.717, 1.165) is 18.8 Å². The lowest BCUT2D eigenvalue weighted by atomic mass is 10.00. The van der Waals surface area contributed by atoms with Crippen molar-refractivity contribution in [1.82, 2.24) is 19.8 Å². The third-order valence-electron chi connectivity index (χ3n) is 4.47. The minimum Gasteiger partial charge on any atom is -0.338 e. The van der Waals surface area contributed by atoms with E-state index in [9.17, 15) is 4.79 Å². The Labute approximate surface area is 156 Å². The van der Waals surface area contributed by atoms with Crippen molar-refractivity contribution in [1.29, 1.82) is 0 Å². The van der Waals surface area contributed by atoms with E-state index in [4.69, 9.17) is 0 Å². The zero-order valence-corrected chi connectivity index (χ0v) is 16.4. The normalized spacial score (nSPS) is 10.6. The number of rotatable bonds is 8. The highest BCUT2D eigenvalue weighted by Crippen LogP contribution is 2.18. The highest BCUT2D eigenvalue weighted by molar-refractivity contribution is 5.74. The zero-order valence-electron chi connectivity index (χ0n) is 16.4. The molecule has 1 aromatic heterocycles. The fourth-order valence-corrected chi connectivity index (χ4v) is 3.15. The summed E-state index contributed by atoms with van der Waals surface area (Å²) in [6, 6.07) is 4.34. The summed E-state index contributed by atoms with van der Waals surface area (Å²) in [7, 11) is 0. The van der Waals surface area contributed by atoms with Gasteiger partial charge in [0.05, 0.1) is 6.54 Å². The standard InChI is InChI=1S/C21H30N4O/c1-6-8-23-21(26)25(10-7-2)15-20-22-9-11-24(20)14-19-17(4)12-16(3)13-18(19)5/h7,9,11-13H,2,6,8,10,14-15H2,1,3-5H3,(H,23,26). The largest absolute Gasteiger partial charge is 0.338 e. The Morgan fingerprint density at radius 1 is 1.31 bits per heavy atom. The van der Waals surface area contributed by atoms with Crippen molar-refractivity contribution in [3.63, 3.8) is 0 Å². The fraction of sp³-hybridized carbons (Fsp3) is 0.429. The highest BCUT2D eigenvalue weighted by atomic mass is 16.2. The van der Waals surface area contributed by atoms with Gasteiger partial charge in [-0.15, -0.1) is 6.58 Å². The Morgan fingerprint density at radius 2 is 2.00 bits per heavy atom. The van der Waals surface area contributed by atoms with Crippen molar-refractivity contribution in [2.24, 2.45) is 0 Å². The van der Waals surface area contributed by atoms with Gasteiger partial charge in [-0.25, -0.2) is 9.78 Å². The van der Waals surface area contributed by atoms with Gasteiger partial charge in [0.1, 0.15) is 5.82 Å². The molecule has 26 heavy (non-hydrogen) atoms. The molecule has 2 aromatic rings. The second-order valence-corrected chi connectivity index (χ2v) is 6.75. The SMILES string of the molecule is C=CCN(Cc1nccn1Cc1c(C)cc(C)cc1C)C(=O)NCCC. The molecule has 0 radical (unpaired) electrons. The van der Waals surface area contributed by atoms with Crippen LogP contribution in [0.15, 0.2) is 37.2 Å². The second kappa shape index (κ2) is 9.22. The van der Waals surface area contributed by atoms with Gasteiger partial charge in [0.15, 0.2) is 0 Å². The van der Waals surface area contributed by atoms with Crippen LogP contribution in [-0.2, 0) is 13.1 Å². The number of hydrogen-bond acceptors (Lipinski definition) is 2. The summed E-state index contributed by atoms with van der Waals surface area (Å²) in [6.07, 6.45) is 6.43. The van der Waals surface area contributed by atoms with E-state index in [2.05, 4.69) is 54.4 Å². The van der Waals surface area contributed by atoms with E-state index < -0.39 is 0 Å². The predicted molar refractivity (Wildman–Crippen MR) is 106 cm³/mol. The Morgan fingerprint density at radius 3 is 2.62 bits per heavy atom. The summed E-state index contributed by atoms with van der Waals surface area (Å²) >= 11 is 0. The topological polar surface area (TPSA) is 50.2 Å². The molecule has 2 amide bonds. The number of urea groups is 1. The van der Waals surface area contributed by atoms with Crippen molar-refractivity contribution in [3.8, 4) is 0 Å². The van der Waals surface area contributed by atoms with Crippen LogP contribution in [0, 0.1) is 20.8 Å². The molecule has 0 aliphatic carbocycles. The van der Waals surface area contributed by atoms with Gasteiger partial charge in [0.25, 0.3) is 0 Å². The predicted octanol–water partition coefficient (Wildman–Crippen LogP) is 3.96. The van der Waals surface area contributed by atoms with Crippen LogP contribution in [0.3, 0.4) is 0 Å². The number of amides is 2. The highest BCUT2D eigenvalue weighted by Gasteiger charge is 2.16. The average Bonchev–Trinajstić information content (AvgIpc) is 3.02. The van der Waals surface area contributed by atoms with Crippen LogP contribution in [0.2, 0.25) is 0 Å². The zero-order chi connectivity index (χ0) is 19.1. The number of imidazole rings is 1. The Kier molecular flexibility index (Phi) is 7.01. The van der Waals surface area contributed by atoms with Crippen LogP contribution in [-0.4, -0.2) is 33.6 Å². The van der Waals surface area contributed by atoms with Crippen molar-refractivity contribution in [2.75, 3.05) is 13.1 Å². The number of carbonyl (C=O) groups is 1. The maximum absolute atomic E-state index is 12.4. The number of carbonyl (C=O) groups excluding carboxylic acids is 1. The lowest BCUT2D eigenvalue weighted by Crippen LogP contribution is -2.40. The fourth-order valence-electron chi connectivity index (χ4n) is 3.15. The van der Waals surface area contributed by atoms with Gasteiger partial charge in [-0.1, -0.05) is 30.7 Å². The lowest BCUT2D eigenvalue weighted by Gasteiger charge is -2.22. The first-order valence-corrected chi connectivity index (χ1v) is 9.16. The van der Waals surface area contributed by atoms with E-state index in [-0.39, 0.29) is 6.03 Å². The molecule has 1 heterocycles. The number of nitrogens with one attached hydrogen (secondary N) is 1. The molecule has 5 nitrogen and oxygen atoms in total. The van der Waals surface area contributed by atoms with E-state index in [1.54, 1.807) is 17.2 Å². The molecular weight excluding hydrogens is 324 g/mol. The summed E-state index contributed by atoms with van der Waals surface area (Å²) in [4.78, 5) is 18.6. The molecule has 0 spiro atoms. The molecule has 0 unspecified atom stereocenters.